The number of aryl methyl sites for hydroxylation is 1. The largest absolute Gasteiger partial charge is 0.360 e. The zero-order valence-electron chi connectivity index (χ0n) is 9.86. The summed E-state index contributed by atoms with van der Waals surface area (Å²) in [4.78, 5) is 6.89. The monoisotopic (exact) mass is 234 g/mol. The third-order valence-corrected chi connectivity index (χ3v) is 3.50. The van der Waals surface area contributed by atoms with E-state index >= 15 is 0 Å². The predicted molar refractivity (Wildman–Crippen MR) is 71.0 cm³/mol. The highest BCUT2D eigenvalue weighted by molar-refractivity contribution is 7.13. The Bertz CT molecular complexity index is 415. The summed E-state index contributed by atoms with van der Waals surface area (Å²) in [6.07, 6.45) is 4.50. The van der Waals surface area contributed by atoms with Crippen LogP contribution in [0, 0.1) is 0 Å². The molecule has 0 fully saturated rings. The zero-order valence-corrected chi connectivity index (χ0v) is 10.7. The average Bonchev–Trinajstić information content (AvgIpc) is 2.85. The van der Waals surface area contributed by atoms with Gasteiger partial charge in [-0.15, -0.1) is 11.3 Å². The Labute approximate surface area is 101 Å². The van der Waals surface area contributed by atoms with E-state index in [0.717, 1.165) is 13.0 Å². The molecule has 0 aliphatic heterocycles. The van der Waals surface area contributed by atoms with Crippen LogP contribution in [-0.2, 0) is 6.42 Å². The Kier molecular flexibility index (Phi) is 3.80. The fourth-order valence-electron chi connectivity index (χ4n) is 1.76. The lowest BCUT2D eigenvalue weighted by molar-refractivity contribution is 0.400. The molecular formula is C13H18N2S. The lowest BCUT2D eigenvalue weighted by Gasteiger charge is -2.07. The van der Waals surface area contributed by atoms with Gasteiger partial charge in [-0.25, -0.2) is 0 Å². The standard InChI is InChI=1S/C13H18N2S/c1-15(2)7-3-5-11-9-12(14-10-11)13-6-4-8-16-13/h4,6,8-10,14H,3,5,7H2,1-2H3. The van der Waals surface area contributed by atoms with Gasteiger partial charge < -0.3 is 9.88 Å². The minimum Gasteiger partial charge on any atom is -0.360 e. The van der Waals surface area contributed by atoms with E-state index in [4.69, 9.17) is 0 Å². The van der Waals surface area contributed by atoms with Crippen molar-refractivity contribution in [3.8, 4) is 10.6 Å². The van der Waals surface area contributed by atoms with Crippen molar-refractivity contribution in [2.45, 2.75) is 12.8 Å². The van der Waals surface area contributed by atoms with Gasteiger partial charge in [-0.1, -0.05) is 6.07 Å². The number of aromatic nitrogens is 1. The maximum Gasteiger partial charge on any atom is 0.0558 e. The van der Waals surface area contributed by atoms with Crippen molar-refractivity contribution in [2.24, 2.45) is 0 Å². The fourth-order valence-corrected chi connectivity index (χ4v) is 2.46. The highest BCUT2D eigenvalue weighted by Gasteiger charge is 2.02. The highest BCUT2D eigenvalue weighted by Crippen LogP contribution is 2.24. The van der Waals surface area contributed by atoms with Crippen molar-refractivity contribution < 1.29 is 0 Å². The third kappa shape index (κ3) is 2.97. The number of aromatic amines is 1. The molecule has 1 N–H and O–H groups in total. The molecule has 2 nitrogen and oxygen atoms in total. The van der Waals surface area contributed by atoms with Gasteiger partial charge in [0.2, 0.25) is 0 Å². The highest BCUT2D eigenvalue weighted by atomic mass is 32.1. The molecule has 86 valence electrons. The third-order valence-electron chi connectivity index (χ3n) is 2.60. The molecule has 0 unspecified atom stereocenters. The van der Waals surface area contributed by atoms with Crippen molar-refractivity contribution >= 4 is 11.3 Å². The van der Waals surface area contributed by atoms with Crippen LogP contribution in [0.5, 0.6) is 0 Å². The zero-order chi connectivity index (χ0) is 11.4. The molecule has 0 spiro atoms. The first kappa shape index (κ1) is 11.4. The van der Waals surface area contributed by atoms with Crippen molar-refractivity contribution in [3.63, 3.8) is 0 Å². The van der Waals surface area contributed by atoms with Crippen LogP contribution in [0.2, 0.25) is 0 Å². The molecule has 0 radical (unpaired) electrons. The summed E-state index contributed by atoms with van der Waals surface area (Å²) >= 11 is 1.78. The molecule has 0 saturated carbocycles. The molecule has 2 rings (SSSR count). The lowest BCUT2D eigenvalue weighted by atomic mass is 10.2. The summed E-state index contributed by atoms with van der Waals surface area (Å²) in [6, 6.07) is 6.51. The molecule has 0 atom stereocenters. The van der Waals surface area contributed by atoms with Crippen molar-refractivity contribution in [1.82, 2.24) is 9.88 Å². The molecule has 0 bridgehead atoms. The number of H-pyrrole nitrogens is 1. The Morgan fingerprint density at radius 1 is 1.38 bits per heavy atom. The van der Waals surface area contributed by atoms with E-state index in [1.54, 1.807) is 11.3 Å². The van der Waals surface area contributed by atoms with Crippen LogP contribution >= 0.6 is 11.3 Å². The number of hydrogen-bond donors (Lipinski definition) is 1. The number of nitrogens with one attached hydrogen (secondary N) is 1. The second kappa shape index (κ2) is 5.32. The summed E-state index contributed by atoms with van der Waals surface area (Å²) in [5.41, 5.74) is 2.65. The molecule has 0 saturated heterocycles. The summed E-state index contributed by atoms with van der Waals surface area (Å²) in [5.74, 6) is 0. The van der Waals surface area contributed by atoms with Gasteiger partial charge in [0.15, 0.2) is 0 Å². The topological polar surface area (TPSA) is 19.0 Å². The van der Waals surface area contributed by atoms with Crippen LogP contribution in [-0.4, -0.2) is 30.5 Å². The van der Waals surface area contributed by atoms with Gasteiger partial charge in [0.1, 0.15) is 0 Å². The van der Waals surface area contributed by atoms with E-state index in [0.29, 0.717) is 0 Å². The maximum absolute atomic E-state index is 3.34. The summed E-state index contributed by atoms with van der Waals surface area (Å²) in [5, 5.41) is 2.11. The Hall–Kier alpha value is -1.06. The molecule has 3 heteroatoms. The second-order valence-electron chi connectivity index (χ2n) is 4.31. The van der Waals surface area contributed by atoms with Gasteiger partial charge in [0.05, 0.1) is 10.6 Å². The van der Waals surface area contributed by atoms with Gasteiger partial charge in [0, 0.05) is 6.20 Å². The first-order valence-electron chi connectivity index (χ1n) is 5.61. The van der Waals surface area contributed by atoms with Crippen molar-refractivity contribution in [3.05, 3.63) is 35.3 Å². The van der Waals surface area contributed by atoms with E-state index in [1.165, 1.54) is 22.6 Å². The number of rotatable bonds is 5. The van der Waals surface area contributed by atoms with Crippen molar-refractivity contribution in [2.75, 3.05) is 20.6 Å². The van der Waals surface area contributed by atoms with E-state index in [9.17, 15) is 0 Å². The van der Waals surface area contributed by atoms with E-state index in [1.807, 2.05) is 0 Å². The summed E-state index contributed by atoms with van der Waals surface area (Å²) in [6.45, 7) is 1.15. The maximum atomic E-state index is 3.34. The quantitative estimate of drug-likeness (QED) is 0.841. The van der Waals surface area contributed by atoms with E-state index < -0.39 is 0 Å². The Balaban J connectivity index is 1.93. The number of hydrogen-bond acceptors (Lipinski definition) is 2. The summed E-state index contributed by atoms with van der Waals surface area (Å²) in [7, 11) is 4.24. The van der Waals surface area contributed by atoms with Crippen molar-refractivity contribution in [1.29, 1.82) is 0 Å². The van der Waals surface area contributed by atoms with Gasteiger partial charge in [-0.2, -0.15) is 0 Å². The van der Waals surface area contributed by atoms with Crippen LogP contribution in [0.15, 0.2) is 29.8 Å². The van der Waals surface area contributed by atoms with E-state index in [-0.39, 0.29) is 0 Å². The SMILES string of the molecule is CN(C)CCCc1c[nH]c(-c2cccs2)c1. The first-order valence-corrected chi connectivity index (χ1v) is 6.49. The predicted octanol–water partition coefficient (Wildman–Crippen LogP) is 3.24. The Morgan fingerprint density at radius 3 is 2.94 bits per heavy atom. The normalized spacial score (nSPS) is 11.2. The molecule has 2 aromatic rings. The molecule has 2 aromatic heterocycles. The number of thiophene rings is 1. The molecule has 2 heterocycles. The number of nitrogens with zero attached hydrogens (tertiary/aromatic N) is 1. The molecule has 16 heavy (non-hydrogen) atoms. The van der Waals surface area contributed by atoms with Gasteiger partial charge in [-0.05, 0) is 56.6 Å². The molecule has 0 amide bonds. The first-order chi connectivity index (χ1) is 7.75. The minimum absolute atomic E-state index is 1.15. The lowest BCUT2D eigenvalue weighted by Crippen LogP contribution is -2.13. The second-order valence-corrected chi connectivity index (χ2v) is 5.25. The summed E-state index contributed by atoms with van der Waals surface area (Å²) < 4.78 is 0. The van der Waals surface area contributed by atoms with Crippen LogP contribution in [0.4, 0.5) is 0 Å². The Morgan fingerprint density at radius 2 is 2.25 bits per heavy atom. The van der Waals surface area contributed by atoms with Crippen LogP contribution in [0.1, 0.15) is 12.0 Å². The molecule has 0 aliphatic carbocycles. The van der Waals surface area contributed by atoms with Crippen LogP contribution in [0.3, 0.4) is 0 Å². The molecular weight excluding hydrogens is 216 g/mol. The molecule has 0 aromatic carbocycles. The van der Waals surface area contributed by atoms with Gasteiger partial charge in [-0.3, -0.25) is 0 Å². The average molecular weight is 234 g/mol. The fraction of sp³-hybridized carbons (Fsp3) is 0.385. The van der Waals surface area contributed by atoms with E-state index in [2.05, 4.69) is 53.8 Å². The van der Waals surface area contributed by atoms with Gasteiger partial charge in [0.25, 0.3) is 0 Å². The van der Waals surface area contributed by atoms with Crippen LogP contribution < -0.4 is 0 Å². The minimum atomic E-state index is 1.15. The van der Waals surface area contributed by atoms with Crippen LogP contribution in [0.25, 0.3) is 10.6 Å². The smallest absolute Gasteiger partial charge is 0.0558 e. The molecule has 0 aliphatic rings. The van der Waals surface area contributed by atoms with Gasteiger partial charge >= 0.3 is 0 Å².